The Morgan fingerprint density at radius 2 is 2.24 bits per heavy atom. The van der Waals surface area contributed by atoms with Crippen LogP contribution in [0.25, 0.3) is 11.0 Å². The van der Waals surface area contributed by atoms with E-state index in [0.717, 1.165) is 30.2 Å². The van der Waals surface area contributed by atoms with Gasteiger partial charge in [0.15, 0.2) is 0 Å². The van der Waals surface area contributed by atoms with Crippen LogP contribution < -0.4 is 5.56 Å². The van der Waals surface area contributed by atoms with Gasteiger partial charge in [-0.1, -0.05) is 19.8 Å². The molecule has 0 amide bonds. The quantitative estimate of drug-likeness (QED) is 0.742. The number of aromatic nitrogens is 3. The highest BCUT2D eigenvalue weighted by molar-refractivity contribution is 9.10. The van der Waals surface area contributed by atoms with Crippen molar-refractivity contribution >= 4 is 38.6 Å². The van der Waals surface area contributed by atoms with Crippen molar-refractivity contribution in [1.29, 1.82) is 0 Å². The number of hydrogen-bond donors (Lipinski definition) is 0. The highest BCUT2D eigenvalue weighted by Gasteiger charge is 2.30. The molecule has 0 radical (unpaired) electrons. The summed E-state index contributed by atoms with van der Waals surface area (Å²) in [7, 11) is 0. The van der Waals surface area contributed by atoms with Crippen molar-refractivity contribution < 1.29 is 0 Å². The van der Waals surface area contributed by atoms with Crippen LogP contribution in [0.3, 0.4) is 0 Å². The van der Waals surface area contributed by atoms with Gasteiger partial charge in [-0.3, -0.25) is 9.36 Å². The summed E-state index contributed by atoms with van der Waals surface area (Å²) in [6.07, 6.45) is 6.12. The summed E-state index contributed by atoms with van der Waals surface area (Å²) >= 11 is 9.40. The second-order valence-corrected chi connectivity index (χ2v) is 6.79. The van der Waals surface area contributed by atoms with Gasteiger partial charge in [0.2, 0.25) is 5.28 Å². The lowest BCUT2D eigenvalue weighted by Crippen LogP contribution is -2.29. The van der Waals surface area contributed by atoms with E-state index < -0.39 is 0 Å². The van der Waals surface area contributed by atoms with E-state index in [1.165, 1.54) is 6.42 Å². The first kappa shape index (κ1) is 15.0. The summed E-state index contributed by atoms with van der Waals surface area (Å²) in [6.45, 7) is 4.09. The van der Waals surface area contributed by atoms with Crippen LogP contribution in [0.1, 0.15) is 44.2 Å². The molecule has 0 bridgehead atoms. The molecule has 3 rings (SSSR count). The minimum atomic E-state index is -0.0138. The Bertz CT molecular complexity index is 759. The molecular formula is C15H17BrClN3O. The Hall–Kier alpha value is -0.940. The van der Waals surface area contributed by atoms with Gasteiger partial charge >= 0.3 is 0 Å². The van der Waals surface area contributed by atoms with Crippen molar-refractivity contribution in [1.82, 2.24) is 14.5 Å². The van der Waals surface area contributed by atoms with Crippen LogP contribution in [0.5, 0.6) is 0 Å². The zero-order valence-electron chi connectivity index (χ0n) is 12.1. The van der Waals surface area contributed by atoms with Gasteiger partial charge in [0.25, 0.3) is 5.56 Å². The maximum absolute atomic E-state index is 12.8. The predicted octanol–water partition coefficient (Wildman–Crippen LogP) is 4.27. The fraction of sp³-hybridized carbons (Fsp3) is 0.533. The van der Waals surface area contributed by atoms with E-state index in [1.54, 1.807) is 6.20 Å². The van der Waals surface area contributed by atoms with Crippen molar-refractivity contribution in [3.63, 3.8) is 0 Å². The number of hydrogen-bond acceptors (Lipinski definition) is 3. The Labute approximate surface area is 136 Å². The molecule has 1 aliphatic carbocycles. The lowest BCUT2D eigenvalue weighted by Gasteiger charge is -2.23. The van der Waals surface area contributed by atoms with E-state index in [0.29, 0.717) is 16.0 Å². The molecule has 112 valence electrons. The van der Waals surface area contributed by atoms with Gasteiger partial charge in [0.05, 0.1) is 4.47 Å². The monoisotopic (exact) mass is 369 g/mol. The zero-order chi connectivity index (χ0) is 15.1. The molecule has 0 N–H and O–H groups in total. The van der Waals surface area contributed by atoms with Crippen molar-refractivity contribution in [3.8, 4) is 0 Å². The summed E-state index contributed by atoms with van der Waals surface area (Å²) in [4.78, 5) is 21.2. The molecule has 0 aromatic carbocycles. The van der Waals surface area contributed by atoms with Crippen molar-refractivity contribution in [3.05, 3.63) is 31.9 Å². The third-order valence-corrected chi connectivity index (χ3v) is 5.70. The van der Waals surface area contributed by atoms with E-state index in [2.05, 4.69) is 32.8 Å². The van der Waals surface area contributed by atoms with Crippen LogP contribution in [-0.4, -0.2) is 14.5 Å². The third kappa shape index (κ3) is 2.40. The third-order valence-electron chi connectivity index (χ3n) is 4.58. The Morgan fingerprint density at radius 1 is 1.48 bits per heavy atom. The van der Waals surface area contributed by atoms with Gasteiger partial charge in [-0.2, -0.15) is 4.98 Å². The lowest BCUT2D eigenvalue weighted by atomic mass is 10.00. The molecule has 2 aromatic heterocycles. The van der Waals surface area contributed by atoms with Gasteiger partial charge < -0.3 is 0 Å². The van der Waals surface area contributed by atoms with Crippen LogP contribution in [0, 0.1) is 12.8 Å². The molecule has 2 aromatic rings. The number of aryl methyl sites for hydroxylation is 1. The molecule has 2 heterocycles. The van der Waals surface area contributed by atoms with Gasteiger partial charge in [-0.25, -0.2) is 4.98 Å². The summed E-state index contributed by atoms with van der Waals surface area (Å²) in [5, 5.41) is 1.07. The van der Waals surface area contributed by atoms with E-state index in [1.807, 2.05) is 11.5 Å². The minimum Gasteiger partial charge on any atom is -0.288 e. The number of pyridine rings is 1. The molecule has 2 atom stereocenters. The molecule has 6 heteroatoms. The fourth-order valence-electron chi connectivity index (χ4n) is 3.42. The molecule has 1 saturated carbocycles. The van der Waals surface area contributed by atoms with Crippen molar-refractivity contribution in [2.24, 2.45) is 5.92 Å². The van der Waals surface area contributed by atoms with E-state index in [4.69, 9.17) is 11.6 Å². The number of halogens is 2. The van der Waals surface area contributed by atoms with Gasteiger partial charge in [0.1, 0.15) is 5.65 Å². The minimum absolute atomic E-state index is 0.0138. The molecule has 0 spiro atoms. The first-order valence-electron chi connectivity index (χ1n) is 7.27. The maximum Gasteiger partial charge on any atom is 0.267 e. The van der Waals surface area contributed by atoms with Crippen LogP contribution in [0.2, 0.25) is 5.28 Å². The van der Waals surface area contributed by atoms with Gasteiger partial charge in [-0.15, -0.1) is 0 Å². The molecule has 21 heavy (non-hydrogen) atoms. The Balaban J connectivity index is 2.35. The topological polar surface area (TPSA) is 47.8 Å². The van der Waals surface area contributed by atoms with E-state index in [9.17, 15) is 4.79 Å². The molecular weight excluding hydrogens is 354 g/mol. The molecule has 1 fully saturated rings. The van der Waals surface area contributed by atoms with Crippen LogP contribution >= 0.6 is 27.5 Å². The number of fused-ring (bicyclic) bond motifs is 1. The van der Waals surface area contributed by atoms with Crippen molar-refractivity contribution in [2.75, 3.05) is 0 Å². The summed E-state index contributed by atoms with van der Waals surface area (Å²) in [5.74, 6) is 0.522. The number of rotatable bonds is 2. The molecule has 0 aliphatic heterocycles. The lowest BCUT2D eigenvalue weighted by molar-refractivity contribution is 0.369. The van der Waals surface area contributed by atoms with Crippen LogP contribution in [-0.2, 0) is 0 Å². The van der Waals surface area contributed by atoms with Crippen LogP contribution in [0.15, 0.2) is 15.5 Å². The zero-order valence-corrected chi connectivity index (χ0v) is 14.4. The SMILES string of the molecule is CC[C@H]1CCC[C@H]1n1c(=O)c(Br)c(C)c2cnc(Cl)nc21. The van der Waals surface area contributed by atoms with Crippen LogP contribution in [0.4, 0.5) is 0 Å². The summed E-state index contributed by atoms with van der Waals surface area (Å²) < 4.78 is 2.43. The Kier molecular flexibility index (Phi) is 4.06. The second kappa shape index (κ2) is 5.69. The molecule has 0 saturated heterocycles. The van der Waals surface area contributed by atoms with Gasteiger partial charge in [-0.05, 0) is 58.8 Å². The first-order valence-corrected chi connectivity index (χ1v) is 8.44. The highest BCUT2D eigenvalue weighted by Crippen LogP contribution is 2.39. The maximum atomic E-state index is 12.8. The van der Waals surface area contributed by atoms with Gasteiger partial charge in [0, 0.05) is 17.6 Å². The fourth-order valence-corrected chi connectivity index (χ4v) is 3.96. The predicted molar refractivity (Wildman–Crippen MR) is 87.9 cm³/mol. The standard InChI is InChI=1S/C15H17BrClN3O/c1-3-9-5-4-6-11(9)20-13-10(7-18-15(17)19-13)8(2)12(16)14(20)21/h7,9,11H,3-6H2,1-2H3/t9-,11+/m0/s1. The molecule has 0 unspecified atom stereocenters. The molecule has 4 nitrogen and oxygen atoms in total. The van der Waals surface area contributed by atoms with E-state index in [-0.39, 0.29) is 16.9 Å². The average Bonchev–Trinajstić information content (AvgIpc) is 2.93. The smallest absolute Gasteiger partial charge is 0.267 e. The Morgan fingerprint density at radius 3 is 2.95 bits per heavy atom. The average molecular weight is 371 g/mol. The largest absolute Gasteiger partial charge is 0.288 e. The summed E-state index contributed by atoms with van der Waals surface area (Å²) in [6, 6.07) is 0.202. The second-order valence-electron chi connectivity index (χ2n) is 5.66. The first-order chi connectivity index (χ1) is 10.0. The highest BCUT2D eigenvalue weighted by atomic mass is 79.9. The summed E-state index contributed by atoms with van der Waals surface area (Å²) in [5.41, 5.74) is 1.51. The normalized spacial score (nSPS) is 22.1. The number of nitrogens with zero attached hydrogens (tertiary/aromatic N) is 3. The molecule has 1 aliphatic rings. The van der Waals surface area contributed by atoms with E-state index >= 15 is 0 Å². The van der Waals surface area contributed by atoms with Crippen molar-refractivity contribution in [2.45, 2.75) is 45.6 Å².